The van der Waals surface area contributed by atoms with Crippen LogP contribution in [-0.4, -0.2) is 12.5 Å². The summed E-state index contributed by atoms with van der Waals surface area (Å²) in [6.07, 6.45) is 4.08. The zero-order valence-corrected chi connectivity index (χ0v) is 16.3. The molecule has 0 aliphatic rings. The van der Waals surface area contributed by atoms with Gasteiger partial charge in [0.1, 0.15) is 0 Å². The lowest BCUT2D eigenvalue weighted by Gasteiger charge is -2.26. The van der Waals surface area contributed by atoms with E-state index < -0.39 is 5.41 Å². The monoisotopic (exact) mass is 363 g/mol. The van der Waals surface area contributed by atoms with Crippen LogP contribution in [0.4, 0.5) is 0 Å². The molecule has 0 aliphatic heterocycles. The molecule has 1 amide bonds. The molecule has 0 saturated carbocycles. The molecule has 4 heteroatoms. The summed E-state index contributed by atoms with van der Waals surface area (Å²) < 4.78 is 0. The smallest absolute Gasteiger partial charge is 0.227 e. The molecule has 2 aromatic carbocycles. The SMILES string of the molecule is CCCCCC(C)(CN)C(=O)NCc1ccc(-c2ccccc2C#N)cc1. The molecule has 0 heterocycles. The van der Waals surface area contributed by atoms with Crippen LogP contribution in [0.25, 0.3) is 11.1 Å². The van der Waals surface area contributed by atoms with Crippen molar-refractivity contribution in [1.29, 1.82) is 5.26 Å². The standard InChI is InChI=1S/C23H29N3O/c1-3-4-7-14-23(2,17-25)22(27)26-16-18-10-12-19(13-11-18)21-9-6-5-8-20(21)15-24/h5-6,8-13H,3-4,7,14,16-17,25H2,1-2H3,(H,26,27). The van der Waals surface area contributed by atoms with E-state index in [0.29, 0.717) is 18.7 Å². The topological polar surface area (TPSA) is 78.9 Å². The van der Waals surface area contributed by atoms with Gasteiger partial charge in [0.25, 0.3) is 0 Å². The first kappa shape index (κ1) is 20.7. The third-order valence-corrected chi connectivity index (χ3v) is 5.10. The van der Waals surface area contributed by atoms with Gasteiger partial charge in [0.05, 0.1) is 17.0 Å². The number of carbonyl (C=O) groups is 1. The fourth-order valence-corrected chi connectivity index (χ4v) is 3.10. The van der Waals surface area contributed by atoms with Crippen molar-refractivity contribution in [3.63, 3.8) is 0 Å². The summed E-state index contributed by atoms with van der Waals surface area (Å²) in [4.78, 5) is 12.6. The molecule has 0 aliphatic carbocycles. The van der Waals surface area contributed by atoms with Gasteiger partial charge in [0.2, 0.25) is 5.91 Å². The third kappa shape index (κ3) is 5.42. The molecule has 1 unspecified atom stereocenters. The largest absolute Gasteiger partial charge is 0.352 e. The van der Waals surface area contributed by atoms with E-state index in [9.17, 15) is 10.1 Å². The fourth-order valence-electron chi connectivity index (χ4n) is 3.10. The summed E-state index contributed by atoms with van der Waals surface area (Å²) in [7, 11) is 0. The van der Waals surface area contributed by atoms with E-state index in [1.807, 2.05) is 55.5 Å². The molecular formula is C23H29N3O. The van der Waals surface area contributed by atoms with E-state index in [2.05, 4.69) is 18.3 Å². The van der Waals surface area contributed by atoms with Gasteiger partial charge in [-0.1, -0.05) is 68.7 Å². The maximum absolute atomic E-state index is 12.6. The molecule has 0 aromatic heterocycles. The van der Waals surface area contributed by atoms with E-state index >= 15 is 0 Å². The summed E-state index contributed by atoms with van der Waals surface area (Å²) in [5, 5.41) is 12.3. The van der Waals surface area contributed by atoms with Gasteiger partial charge in [-0.05, 0) is 36.1 Å². The number of nitrogens with zero attached hydrogens (tertiary/aromatic N) is 1. The van der Waals surface area contributed by atoms with Gasteiger partial charge < -0.3 is 11.1 Å². The summed E-state index contributed by atoms with van der Waals surface area (Å²) in [6.45, 7) is 4.92. The fraction of sp³-hybridized carbons (Fsp3) is 0.391. The molecule has 2 rings (SSSR count). The molecular weight excluding hydrogens is 334 g/mol. The molecule has 0 saturated heterocycles. The Morgan fingerprint density at radius 3 is 2.48 bits per heavy atom. The van der Waals surface area contributed by atoms with Crippen LogP contribution < -0.4 is 11.1 Å². The minimum atomic E-state index is -0.513. The first-order valence-electron chi connectivity index (χ1n) is 9.61. The van der Waals surface area contributed by atoms with Gasteiger partial charge in [-0.2, -0.15) is 5.26 Å². The molecule has 142 valence electrons. The van der Waals surface area contributed by atoms with Crippen molar-refractivity contribution in [2.45, 2.75) is 46.1 Å². The summed E-state index contributed by atoms with van der Waals surface area (Å²) in [5.41, 5.74) is 8.96. The van der Waals surface area contributed by atoms with Gasteiger partial charge in [-0.15, -0.1) is 0 Å². The van der Waals surface area contributed by atoms with E-state index in [0.717, 1.165) is 42.4 Å². The summed E-state index contributed by atoms with van der Waals surface area (Å²) in [6, 6.07) is 17.7. The van der Waals surface area contributed by atoms with Crippen LogP contribution in [0.15, 0.2) is 48.5 Å². The zero-order chi connectivity index (χ0) is 19.7. The van der Waals surface area contributed by atoms with Crippen molar-refractivity contribution >= 4 is 5.91 Å². The van der Waals surface area contributed by atoms with Gasteiger partial charge >= 0.3 is 0 Å². The number of nitrogens with two attached hydrogens (primary N) is 1. The molecule has 0 radical (unpaired) electrons. The van der Waals surface area contributed by atoms with Crippen LogP contribution in [0.5, 0.6) is 0 Å². The Bertz CT molecular complexity index is 792. The van der Waals surface area contributed by atoms with Crippen LogP contribution in [0.2, 0.25) is 0 Å². The van der Waals surface area contributed by atoms with E-state index in [1.165, 1.54) is 0 Å². The summed E-state index contributed by atoms with van der Waals surface area (Å²) >= 11 is 0. The molecule has 4 nitrogen and oxygen atoms in total. The number of amides is 1. The highest BCUT2D eigenvalue weighted by Crippen LogP contribution is 2.25. The lowest BCUT2D eigenvalue weighted by Crippen LogP contribution is -2.43. The van der Waals surface area contributed by atoms with Gasteiger partial charge in [0.15, 0.2) is 0 Å². The Balaban J connectivity index is 2.00. The minimum Gasteiger partial charge on any atom is -0.352 e. The van der Waals surface area contributed by atoms with E-state index in [1.54, 1.807) is 0 Å². The maximum atomic E-state index is 12.6. The van der Waals surface area contributed by atoms with Crippen molar-refractivity contribution in [3.8, 4) is 17.2 Å². The molecule has 0 fully saturated rings. The molecule has 2 aromatic rings. The van der Waals surface area contributed by atoms with E-state index in [4.69, 9.17) is 5.73 Å². The first-order valence-corrected chi connectivity index (χ1v) is 9.61. The third-order valence-electron chi connectivity index (χ3n) is 5.10. The van der Waals surface area contributed by atoms with Gasteiger partial charge in [0, 0.05) is 13.1 Å². The van der Waals surface area contributed by atoms with Crippen molar-refractivity contribution < 1.29 is 4.79 Å². The number of hydrogen-bond donors (Lipinski definition) is 2. The molecule has 3 N–H and O–H groups in total. The highest BCUT2D eigenvalue weighted by molar-refractivity contribution is 5.82. The molecule has 0 spiro atoms. The number of unbranched alkanes of at least 4 members (excludes halogenated alkanes) is 2. The quantitative estimate of drug-likeness (QED) is 0.649. The number of benzene rings is 2. The maximum Gasteiger partial charge on any atom is 0.227 e. The normalized spacial score (nSPS) is 12.8. The zero-order valence-electron chi connectivity index (χ0n) is 16.3. The number of carbonyl (C=O) groups excluding carboxylic acids is 1. The van der Waals surface area contributed by atoms with Crippen LogP contribution in [0.3, 0.4) is 0 Å². The number of rotatable bonds is 9. The predicted molar refractivity (Wildman–Crippen MR) is 110 cm³/mol. The number of nitrogens with one attached hydrogen (secondary N) is 1. The Kier molecular flexibility index (Phi) is 7.57. The van der Waals surface area contributed by atoms with Crippen LogP contribution in [-0.2, 0) is 11.3 Å². The average molecular weight is 364 g/mol. The van der Waals surface area contributed by atoms with Crippen LogP contribution in [0, 0.1) is 16.7 Å². The van der Waals surface area contributed by atoms with Gasteiger partial charge in [-0.25, -0.2) is 0 Å². The molecule has 0 bridgehead atoms. The second-order valence-electron chi connectivity index (χ2n) is 7.26. The van der Waals surface area contributed by atoms with Crippen molar-refractivity contribution in [3.05, 3.63) is 59.7 Å². The second-order valence-corrected chi connectivity index (χ2v) is 7.26. The molecule has 1 atom stereocenters. The second kappa shape index (κ2) is 9.89. The Morgan fingerprint density at radius 1 is 1.15 bits per heavy atom. The highest BCUT2D eigenvalue weighted by atomic mass is 16.2. The van der Waals surface area contributed by atoms with Crippen LogP contribution >= 0.6 is 0 Å². The number of hydrogen-bond acceptors (Lipinski definition) is 3. The minimum absolute atomic E-state index is 0.0139. The molecule has 27 heavy (non-hydrogen) atoms. The van der Waals surface area contributed by atoms with Crippen molar-refractivity contribution in [2.24, 2.45) is 11.1 Å². The van der Waals surface area contributed by atoms with Crippen LogP contribution in [0.1, 0.15) is 50.7 Å². The van der Waals surface area contributed by atoms with Crippen molar-refractivity contribution in [2.75, 3.05) is 6.54 Å². The lowest BCUT2D eigenvalue weighted by molar-refractivity contribution is -0.130. The Morgan fingerprint density at radius 2 is 1.85 bits per heavy atom. The summed E-state index contributed by atoms with van der Waals surface area (Å²) in [5.74, 6) is 0.0139. The Labute approximate surface area is 162 Å². The number of nitriles is 1. The first-order chi connectivity index (χ1) is 13.0. The Hall–Kier alpha value is -2.64. The van der Waals surface area contributed by atoms with Gasteiger partial charge in [-0.3, -0.25) is 4.79 Å². The average Bonchev–Trinajstić information content (AvgIpc) is 2.72. The van der Waals surface area contributed by atoms with Crippen molar-refractivity contribution in [1.82, 2.24) is 5.32 Å². The predicted octanol–water partition coefficient (Wildman–Crippen LogP) is 4.39. The lowest BCUT2D eigenvalue weighted by atomic mass is 9.83. The van der Waals surface area contributed by atoms with E-state index in [-0.39, 0.29) is 5.91 Å². The highest BCUT2D eigenvalue weighted by Gasteiger charge is 2.30.